The number of rotatable bonds is 20. The normalized spacial score (nSPS) is 12.6. The molecule has 0 rings (SSSR count). The summed E-state index contributed by atoms with van der Waals surface area (Å²) in [7, 11) is 0. The Morgan fingerprint density at radius 3 is 1.33 bits per heavy atom. The molecule has 1 atom stereocenters. The summed E-state index contributed by atoms with van der Waals surface area (Å²) in [5, 5.41) is 10.7. The Morgan fingerprint density at radius 1 is 0.583 bits per heavy atom. The molecule has 1 radical (unpaired) electrons. The summed E-state index contributed by atoms with van der Waals surface area (Å²) in [4.78, 5) is 0. The van der Waals surface area contributed by atoms with Gasteiger partial charge in [0.05, 0.1) is 12.7 Å². The molecule has 0 saturated heterocycles. The molecule has 1 unspecified atom stereocenters. The van der Waals surface area contributed by atoms with Crippen molar-refractivity contribution in [2.75, 3.05) is 13.2 Å². The molecule has 0 saturated carbocycles. The van der Waals surface area contributed by atoms with Crippen molar-refractivity contribution in [1.29, 1.82) is 0 Å². The van der Waals surface area contributed by atoms with Crippen LogP contribution in [0.1, 0.15) is 123 Å². The van der Waals surface area contributed by atoms with Crippen LogP contribution in [-0.2, 0) is 9.84 Å². The van der Waals surface area contributed by atoms with Gasteiger partial charge >= 0.3 is 0 Å². The van der Waals surface area contributed by atoms with Gasteiger partial charge < -0.3 is 4.74 Å². The first kappa shape index (κ1) is 23.9. The van der Waals surface area contributed by atoms with Gasteiger partial charge in [-0.3, -0.25) is 0 Å². The quantitative estimate of drug-likeness (QED) is 0.211. The van der Waals surface area contributed by atoms with Crippen LogP contribution in [0.2, 0.25) is 0 Å². The highest BCUT2D eigenvalue weighted by Crippen LogP contribution is 2.17. The lowest BCUT2D eigenvalue weighted by molar-refractivity contribution is 0.00216. The second kappa shape index (κ2) is 21.0. The number of unbranched alkanes of at least 4 members (excludes halogenated alkanes) is 13. The highest BCUT2D eigenvalue weighted by atomic mass is 16.5. The summed E-state index contributed by atoms with van der Waals surface area (Å²) in [6.07, 6.45) is 23.0. The van der Waals surface area contributed by atoms with Crippen LogP contribution < -0.4 is 0 Å². The van der Waals surface area contributed by atoms with Crippen molar-refractivity contribution in [2.45, 2.75) is 129 Å². The molecular formula is C22H45O2. The predicted octanol–water partition coefficient (Wildman–Crippen LogP) is 7.47. The van der Waals surface area contributed by atoms with E-state index in [1.807, 2.05) is 0 Å². The molecule has 0 N–H and O–H groups in total. The van der Waals surface area contributed by atoms with Crippen LogP contribution in [0.15, 0.2) is 0 Å². The summed E-state index contributed by atoms with van der Waals surface area (Å²) in [5.74, 6) is 0. The van der Waals surface area contributed by atoms with Gasteiger partial charge in [-0.1, -0.05) is 110 Å². The maximum atomic E-state index is 10.7. The smallest absolute Gasteiger partial charge is 0.106 e. The van der Waals surface area contributed by atoms with Crippen molar-refractivity contribution >= 4 is 0 Å². The molecule has 0 aromatic rings. The van der Waals surface area contributed by atoms with Crippen molar-refractivity contribution < 1.29 is 9.84 Å². The molecule has 0 aromatic carbocycles. The largest absolute Gasteiger partial charge is 0.376 e. The molecule has 0 aliphatic heterocycles. The maximum absolute atomic E-state index is 10.7. The Morgan fingerprint density at radius 2 is 0.958 bits per heavy atom. The predicted molar refractivity (Wildman–Crippen MR) is 105 cm³/mol. The van der Waals surface area contributed by atoms with Gasteiger partial charge in [0.25, 0.3) is 0 Å². The van der Waals surface area contributed by atoms with Gasteiger partial charge in [-0.15, -0.1) is 0 Å². The first-order valence-electron chi connectivity index (χ1n) is 11.0. The molecule has 0 aliphatic carbocycles. The summed E-state index contributed by atoms with van der Waals surface area (Å²) in [6, 6.07) is 0. The molecule has 0 heterocycles. The Hall–Kier alpha value is -0.0800. The van der Waals surface area contributed by atoms with E-state index in [0.29, 0.717) is 12.7 Å². The minimum absolute atomic E-state index is 0.0925. The Labute approximate surface area is 152 Å². The third-order valence-electron chi connectivity index (χ3n) is 4.95. The Kier molecular flexibility index (Phi) is 20.9. The van der Waals surface area contributed by atoms with Crippen molar-refractivity contribution in [3.05, 3.63) is 0 Å². The summed E-state index contributed by atoms with van der Waals surface area (Å²) in [5.41, 5.74) is 0. The van der Waals surface area contributed by atoms with Crippen LogP contribution in [0.3, 0.4) is 0 Å². The Balaban J connectivity index is 3.53. The average Bonchev–Trinajstić information content (AvgIpc) is 2.60. The van der Waals surface area contributed by atoms with Gasteiger partial charge in [-0.05, 0) is 12.8 Å². The molecule has 0 aliphatic rings. The number of ether oxygens (including phenoxy) is 1. The fourth-order valence-electron chi connectivity index (χ4n) is 3.36. The van der Waals surface area contributed by atoms with E-state index in [1.165, 1.54) is 96.3 Å². The topological polar surface area (TPSA) is 29.1 Å². The zero-order chi connectivity index (χ0) is 17.7. The first-order valence-corrected chi connectivity index (χ1v) is 11.0. The lowest BCUT2D eigenvalue weighted by Gasteiger charge is -2.17. The van der Waals surface area contributed by atoms with Gasteiger partial charge in [0.15, 0.2) is 0 Å². The maximum Gasteiger partial charge on any atom is 0.106 e. The minimum atomic E-state index is -0.0925. The summed E-state index contributed by atoms with van der Waals surface area (Å²) >= 11 is 0. The zero-order valence-corrected chi connectivity index (χ0v) is 16.8. The van der Waals surface area contributed by atoms with E-state index in [9.17, 15) is 5.11 Å². The second-order valence-corrected chi connectivity index (χ2v) is 7.37. The SMILES string of the molecule is CCCCCCCCCCCC(CCCCCCCC)OCC[O]. The van der Waals surface area contributed by atoms with Crippen LogP contribution in [0.25, 0.3) is 0 Å². The van der Waals surface area contributed by atoms with Crippen LogP contribution >= 0.6 is 0 Å². The molecule has 0 spiro atoms. The fourth-order valence-corrected chi connectivity index (χ4v) is 3.36. The van der Waals surface area contributed by atoms with Gasteiger partial charge in [0.2, 0.25) is 0 Å². The molecule has 24 heavy (non-hydrogen) atoms. The Bertz CT molecular complexity index is 218. The third kappa shape index (κ3) is 18.3. The van der Waals surface area contributed by atoms with Gasteiger partial charge in [0.1, 0.15) is 6.61 Å². The second-order valence-electron chi connectivity index (χ2n) is 7.37. The van der Waals surface area contributed by atoms with E-state index in [0.717, 1.165) is 12.8 Å². The zero-order valence-electron chi connectivity index (χ0n) is 16.8. The van der Waals surface area contributed by atoms with Crippen LogP contribution in [0.4, 0.5) is 0 Å². The van der Waals surface area contributed by atoms with E-state index in [-0.39, 0.29) is 6.61 Å². The monoisotopic (exact) mass is 341 g/mol. The van der Waals surface area contributed by atoms with Crippen molar-refractivity contribution in [2.24, 2.45) is 0 Å². The minimum Gasteiger partial charge on any atom is -0.376 e. The summed E-state index contributed by atoms with van der Waals surface area (Å²) in [6.45, 7) is 4.84. The highest BCUT2D eigenvalue weighted by Gasteiger charge is 2.08. The third-order valence-corrected chi connectivity index (χ3v) is 4.95. The highest BCUT2D eigenvalue weighted by molar-refractivity contribution is 4.60. The lowest BCUT2D eigenvalue weighted by Crippen LogP contribution is -2.15. The number of hydrogen-bond acceptors (Lipinski definition) is 1. The molecule has 0 bridgehead atoms. The molecule has 0 amide bonds. The molecule has 2 heteroatoms. The van der Waals surface area contributed by atoms with Crippen LogP contribution in [-0.4, -0.2) is 19.3 Å². The van der Waals surface area contributed by atoms with Crippen molar-refractivity contribution in [3.63, 3.8) is 0 Å². The summed E-state index contributed by atoms with van der Waals surface area (Å²) < 4.78 is 5.78. The lowest BCUT2D eigenvalue weighted by atomic mass is 10.0. The van der Waals surface area contributed by atoms with Crippen molar-refractivity contribution in [1.82, 2.24) is 0 Å². The van der Waals surface area contributed by atoms with E-state index < -0.39 is 0 Å². The van der Waals surface area contributed by atoms with Crippen molar-refractivity contribution in [3.8, 4) is 0 Å². The molecule has 145 valence electrons. The van der Waals surface area contributed by atoms with Gasteiger partial charge in [0, 0.05) is 0 Å². The fraction of sp³-hybridized carbons (Fsp3) is 1.00. The van der Waals surface area contributed by atoms with E-state index in [1.54, 1.807) is 0 Å². The first-order chi connectivity index (χ1) is 11.8. The standard InChI is InChI=1S/C22H45O2/c1-3-5-7-9-11-12-13-15-17-19-22(24-21-20-23)18-16-14-10-8-6-4-2/h22H,3-21H2,1-2H3. The van der Waals surface area contributed by atoms with Gasteiger partial charge in [-0.25, -0.2) is 5.11 Å². The average molecular weight is 342 g/mol. The van der Waals surface area contributed by atoms with Crippen LogP contribution in [0, 0.1) is 0 Å². The molecule has 0 aromatic heterocycles. The molecule has 2 nitrogen and oxygen atoms in total. The number of hydrogen-bond donors (Lipinski definition) is 0. The van der Waals surface area contributed by atoms with E-state index in [2.05, 4.69) is 13.8 Å². The van der Waals surface area contributed by atoms with E-state index >= 15 is 0 Å². The molecular weight excluding hydrogens is 296 g/mol. The molecule has 0 fully saturated rings. The van der Waals surface area contributed by atoms with Gasteiger partial charge in [-0.2, -0.15) is 0 Å². The van der Waals surface area contributed by atoms with Crippen LogP contribution in [0.5, 0.6) is 0 Å². The van der Waals surface area contributed by atoms with E-state index in [4.69, 9.17) is 4.74 Å².